The predicted molar refractivity (Wildman–Crippen MR) is 57.4 cm³/mol. The Kier molecular flexibility index (Phi) is 1.83. The molecule has 0 aromatic carbocycles. The average molecular weight is 208 g/mol. The van der Waals surface area contributed by atoms with Crippen molar-refractivity contribution < 1.29 is 4.74 Å². The molecule has 0 spiro atoms. The number of hydrogen-bond acceptors (Lipinski definition) is 4. The van der Waals surface area contributed by atoms with Crippen molar-refractivity contribution in [3.05, 3.63) is 12.3 Å². The highest BCUT2D eigenvalue weighted by Gasteiger charge is 2.33. The number of anilines is 1. The molecular formula is C10H12N2OS. The van der Waals surface area contributed by atoms with E-state index in [-0.39, 0.29) is 0 Å². The van der Waals surface area contributed by atoms with Crippen LogP contribution in [0.2, 0.25) is 0 Å². The minimum absolute atomic E-state index is 0.717. The lowest BCUT2D eigenvalue weighted by Gasteiger charge is -2.30. The number of ether oxygens (including phenoxy) is 1. The molecule has 1 aliphatic carbocycles. The molecule has 74 valence electrons. The quantitative estimate of drug-likeness (QED) is 0.712. The first-order chi connectivity index (χ1) is 6.84. The third-order valence-corrected chi connectivity index (χ3v) is 2.93. The van der Waals surface area contributed by atoms with E-state index in [1.807, 2.05) is 6.07 Å². The van der Waals surface area contributed by atoms with Gasteiger partial charge in [0, 0.05) is 17.1 Å². The lowest BCUT2D eigenvalue weighted by Crippen LogP contribution is -2.34. The van der Waals surface area contributed by atoms with E-state index >= 15 is 0 Å². The molecule has 4 heteroatoms. The topological polar surface area (TPSA) is 25.4 Å². The Morgan fingerprint density at radius 1 is 1.50 bits per heavy atom. The normalized spacial score (nSPS) is 20.2. The molecule has 1 fully saturated rings. The van der Waals surface area contributed by atoms with E-state index in [4.69, 9.17) is 4.74 Å². The van der Waals surface area contributed by atoms with Gasteiger partial charge in [-0.2, -0.15) is 0 Å². The van der Waals surface area contributed by atoms with Gasteiger partial charge in [-0.15, -0.1) is 12.6 Å². The van der Waals surface area contributed by atoms with E-state index in [0.29, 0.717) is 0 Å². The predicted octanol–water partition coefficient (Wildman–Crippen LogP) is 1.73. The van der Waals surface area contributed by atoms with Crippen LogP contribution in [0.1, 0.15) is 12.8 Å². The van der Waals surface area contributed by atoms with Gasteiger partial charge in [0.15, 0.2) is 0 Å². The van der Waals surface area contributed by atoms with E-state index in [0.717, 1.165) is 35.7 Å². The Labute approximate surface area is 88.5 Å². The minimum atomic E-state index is 0.717. The number of hydrogen-bond donors (Lipinski definition) is 1. The maximum absolute atomic E-state index is 5.50. The third-order valence-electron chi connectivity index (χ3n) is 2.69. The van der Waals surface area contributed by atoms with E-state index in [1.165, 1.54) is 12.8 Å². The van der Waals surface area contributed by atoms with Crippen molar-refractivity contribution in [2.75, 3.05) is 18.1 Å². The smallest absolute Gasteiger partial charge is 0.237 e. The Morgan fingerprint density at radius 2 is 2.36 bits per heavy atom. The maximum Gasteiger partial charge on any atom is 0.237 e. The lowest BCUT2D eigenvalue weighted by atomic mass is 10.3. The van der Waals surface area contributed by atoms with Crippen molar-refractivity contribution in [1.29, 1.82) is 0 Å². The molecule has 2 aliphatic rings. The number of pyridine rings is 1. The highest BCUT2D eigenvalue weighted by molar-refractivity contribution is 7.80. The van der Waals surface area contributed by atoms with Crippen molar-refractivity contribution in [3.63, 3.8) is 0 Å². The van der Waals surface area contributed by atoms with E-state index in [9.17, 15) is 0 Å². The standard InChI is InChI=1S/C10H12N2OS/c14-8-5-9-10(11-6-8)13-4-3-12(9)7-1-2-7/h5-7,14H,1-4H2. The first-order valence-corrected chi connectivity index (χ1v) is 5.38. The van der Waals surface area contributed by atoms with Crippen LogP contribution in [0.15, 0.2) is 17.2 Å². The second kappa shape index (κ2) is 3.05. The van der Waals surface area contributed by atoms with Crippen LogP contribution in [0, 0.1) is 0 Å². The van der Waals surface area contributed by atoms with Crippen LogP contribution in [0.4, 0.5) is 5.69 Å². The highest BCUT2D eigenvalue weighted by atomic mass is 32.1. The van der Waals surface area contributed by atoms with Gasteiger partial charge >= 0.3 is 0 Å². The van der Waals surface area contributed by atoms with Crippen molar-refractivity contribution >= 4 is 18.3 Å². The summed E-state index contributed by atoms with van der Waals surface area (Å²) in [7, 11) is 0. The number of rotatable bonds is 1. The van der Waals surface area contributed by atoms with Crippen LogP contribution in [0.3, 0.4) is 0 Å². The molecule has 0 saturated heterocycles. The van der Waals surface area contributed by atoms with Gasteiger partial charge in [0.25, 0.3) is 0 Å². The SMILES string of the molecule is Sc1cnc2c(c1)N(C1CC1)CCO2. The molecule has 0 N–H and O–H groups in total. The van der Waals surface area contributed by atoms with Gasteiger partial charge in [0.2, 0.25) is 5.88 Å². The maximum atomic E-state index is 5.50. The van der Waals surface area contributed by atoms with Gasteiger partial charge in [0.1, 0.15) is 12.3 Å². The summed E-state index contributed by atoms with van der Waals surface area (Å²) in [4.78, 5) is 7.54. The van der Waals surface area contributed by atoms with Crippen molar-refractivity contribution in [2.45, 2.75) is 23.8 Å². The molecule has 0 unspecified atom stereocenters. The van der Waals surface area contributed by atoms with E-state index in [1.54, 1.807) is 6.20 Å². The molecule has 3 nitrogen and oxygen atoms in total. The molecular weight excluding hydrogens is 196 g/mol. The largest absolute Gasteiger partial charge is 0.474 e. The minimum Gasteiger partial charge on any atom is -0.474 e. The summed E-state index contributed by atoms with van der Waals surface area (Å²) >= 11 is 4.30. The molecule has 1 saturated carbocycles. The Bertz CT molecular complexity index is 365. The Balaban J connectivity index is 2.02. The molecule has 0 radical (unpaired) electrons. The van der Waals surface area contributed by atoms with Crippen LogP contribution >= 0.6 is 12.6 Å². The van der Waals surface area contributed by atoms with Crippen molar-refractivity contribution in [3.8, 4) is 5.88 Å². The molecule has 0 bridgehead atoms. The summed E-state index contributed by atoms with van der Waals surface area (Å²) < 4.78 is 5.50. The molecule has 3 rings (SSSR count). The van der Waals surface area contributed by atoms with Crippen molar-refractivity contribution in [1.82, 2.24) is 4.98 Å². The fraction of sp³-hybridized carbons (Fsp3) is 0.500. The van der Waals surface area contributed by atoms with Gasteiger partial charge in [-0.05, 0) is 18.9 Å². The molecule has 14 heavy (non-hydrogen) atoms. The fourth-order valence-corrected chi connectivity index (χ4v) is 2.05. The molecule has 2 heterocycles. The molecule has 1 aromatic heterocycles. The molecule has 0 atom stereocenters. The second-order valence-corrected chi connectivity index (χ2v) is 4.31. The fourth-order valence-electron chi connectivity index (χ4n) is 1.87. The van der Waals surface area contributed by atoms with Gasteiger partial charge in [-0.1, -0.05) is 0 Å². The summed E-state index contributed by atoms with van der Waals surface area (Å²) in [5, 5.41) is 0. The zero-order valence-corrected chi connectivity index (χ0v) is 8.70. The summed E-state index contributed by atoms with van der Waals surface area (Å²) in [6.07, 6.45) is 4.34. The second-order valence-electron chi connectivity index (χ2n) is 3.79. The number of thiol groups is 1. The Hall–Kier alpha value is -0.900. The summed E-state index contributed by atoms with van der Waals surface area (Å²) in [5.74, 6) is 0.765. The summed E-state index contributed by atoms with van der Waals surface area (Å²) in [6.45, 7) is 1.74. The van der Waals surface area contributed by atoms with Crippen LogP contribution < -0.4 is 9.64 Å². The average Bonchev–Trinajstić information content (AvgIpc) is 3.00. The third kappa shape index (κ3) is 1.34. The van der Waals surface area contributed by atoms with Crippen LogP contribution in [0.25, 0.3) is 0 Å². The van der Waals surface area contributed by atoms with E-state index < -0.39 is 0 Å². The number of nitrogens with zero attached hydrogens (tertiary/aromatic N) is 2. The van der Waals surface area contributed by atoms with Gasteiger partial charge < -0.3 is 9.64 Å². The van der Waals surface area contributed by atoms with Crippen molar-refractivity contribution in [2.24, 2.45) is 0 Å². The highest BCUT2D eigenvalue weighted by Crippen LogP contribution is 2.38. The zero-order chi connectivity index (χ0) is 9.54. The van der Waals surface area contributed by atoms with Gasteiger partial charge in [-0.3, -0.25) is 0 Å². The first-order valence-electron chi connectivity index (χ1n) is 4.93. The first kappa shape index (κ1) is 8.41. The van der Waals surface area contributed by atoms with Crippen LogP contribution in [-0.4, -0.2) is 24.2 Å². The van der Waals surface area contributed by atoms with Gasteiger partial charge in [-0.25, -0.2) is 4.98 Å². The summed E-state index contributed by atoms with van der Waals surface area (Å²) in [6, 6.07) is 2.76. The molecule has 1 aliphatic heterocycles. The molecule has 1 aromatic rings. The Morgan fingerprint density at radius 3 is 3.14 bits per heavy atom. The van der Waals surface area contributed by atoms with Crippen LogP contribution in [0.5, 0.6) is 5.88 Å². The summed E-state index contributed by atoms with van der Waals surface area (Å²) in [5.41, 5.74) is 1.12. The van der Waals surface area contributed by atoms with Gasteiger partial charge in [0.05, 0.1) is 6.54 Å². The van der Waals surface area contributed by atoms with E-state index in [2.05, 4.69) is 22.5 Å². The molecule has 0 amide bonds. The lowest BCUT2D eigenvalue weighted by molar-refractivity contribution is 0.294. The number of fused-ring (bicyclic) bond motifs is 1. The number of aromatic nitrogens is 1. The zero-order valence-electron chi connectivity index (χ0n) is 7.81. The van der Waals surface area contributed by atoms with Crippen LogP contribution in [-0.2, 0) is 0 Å². The monoisotopic (exact) mass is 208 g/mol.